The van der Waals surface area contributed by atoms with Gasteiger partial charge in [0.25, 0.3) is 0 Å². The third-order valence-electron chi connectivity index (χ3n) is 4.66. The summed E-state index contributed by atoms with van der Waals surface area (Å²) in [5.41, 5.74) is 1.32. The maximum Gasteiger partial charge on any atom is 0.225 e. The Bertz CT molecular complexity index is 537. The van der Waals surface area contributed by atoms with Gasteiger partial charge in [0.1, 0.15) is 5.82 Å². The Morgan fingerprint density at radius 2 is 2.10 bits per heavy atom. The topological polar surface area (TPSA) is 23.6 Å². The molecule has 2 aliphatic heterocycles. The summed E-state index contributed by atoms with van der Waals surface area (Å²) in [6, 6.07) is 6.82. The van der Waals surface area contributed by atoms with Crippen LogP contribution in [0.1, 0.15) is 25.8 Å². The average molecular weight is 290 g/mol. The Morgan fingerprint density at radius 1 is 1.33 bits per heavy atom. The summed E-state index contributed by atoms with van der Waals surface area (Å²) in [5.74, 6) is 0.191. The third-order valence-corrected chi connectivity index (χ3v) is 4.66. The van der Waals surface area contributed by atoms with Crippen LogP contribution in [0.4, 0.5) is 4.39 Å². The molecule has 0 saturated carbocycles. The second-order valence-corrected chi connectivity index (χ2v) is 6.94. The molecule has 1 aromatic carbocycles. The first-order valence-electron chi connectivity index (χ1n) is 7.73. The van der Waals surface area contributed by atoms with Gasteiger partial charge in [-0.05, 0) is 24.1 Å². The number of hydrogen-bond acceptors (Lipinski definition) is 2. The van der Waals surface area contributed by atoms with Crippen molar-refractivity contribution in [2.75, 3.05) is 26.2 Å². The van der Waals surface area contributed by atoms with Crippen LogP contribution in [0, 0.1) is 17.2 Å². The summed E-state index contributed by atoms with van der Waals surface area (Å²) in [6.07, 6.45) is 1.10. The zero-order chi connectivity index (χ0) is 15.0. The number of nitrogens with zero attached hydrogens (tertiary/aromatic N) is 2. The number of likely N-dealkylation sites (tertiary alicyclic amines) is 2. The quantitative estimate of drug-likeness (QED) is 0.854. The molecule has 3 nitrogen and oxygen atoms in total. The molecule has 0 atom stereocenters. The van der Waals surface area contributed by atoms with E-state index < -0.39 is 0 Å². The van der Waals surface area contributed by atoms with Crippen molar-refractivity contribution in [1.29, 1.82) is 0 Å². The molecular weight excluding hydrogens is 267 g/mol. The fraction of sp³-hybridized carbons (Fsp3) is 0.588. The van der Waals surface area contributed by atoms with Crippen molar-refractivity contribution in [2.45, 2.75) is 26.8 Å². The smallest absolute Gasteiger partial charge is 0.225 e. The van der Waals surface area contributed by atoms with E-state index in [-0.39, 0.29) is 23.1 Å². The summed E-state index contributed by atoms with van der Waals surface area (Å²) in [4.78, 5) is 16.4. The predicted molar refractivity (Wildman–Crippen MR) is 80.1 cm³/mol. The highest BCUT2D eigenvalue weighted by Gasteiger charge is 2.48. The number of carbonyl (C=O) groups excluding carboxylic acids is 1. The second-order valence-electron chi connectivity index (χ2n) is 6.94. The van der Waals surface area contributed by atoms with E-state index in [0.29, 0.717) is 0 Å². The molecule has 2 saturated heterocycles. The Morgan fingerprint density at radius 3 is 2.76 bits per heavy atom. The van der Waals surface area contributed by atoms with Gasteiger partial charge in [-0.1, -0.05) is 26.0 Å². The van der Waals surface area contributed by atoms with E-state index in [1.54, 1.807) is 12.1 Å². The van der Waals surface area contributed by atoms with Crippen molar-refractivity contribution in [3.63, 3.8) is 0 Å². The molecule has 3 rings (SSSR count). The van der Waals surface area contributed by atoms with Gasteiger partial charge >= 0.3 is 0 Å². The van der Waals surface area contributed by atoms with Gasteiger partial charge in [0.05, 0.1) is 0 Å². The van der Waals surface area contributed by atoms with Gasteiger partial charge in [0.2, 0.25) is 5.91 Å². The van der Waals surface area contributed by atoms with E-state index >= 15 is 0 Å². The van der Waals surface area contributed by atoms with Crippen LogP contribution in [0.5, 0.6) is 0 Å². The standard InChI is InChI=1S/C17H23FN2O/c1-13(2)16(21)20-7-6-17(12-20)10-19(11-17)9-14-4-3-5-15(18)8-14/h3-5,8,13H,6-7,9-12H2,1-2H3. The molecule has 2 aliphatic rings. The molecule has 21 heavy (non-hydrogen) atoms. The monoisotopic (exact) mass is 290 g/mol. The van der Waals surface area contributed by atoms with Crippen molar-refractivity contribution in [2.24, 2.45) is 11.3 Å². The highest BCUT2D eigenvalue weighted by atomic mass is 19.1. The van der Waals surface area contributed by atoms with Gasteiger partial charge in [0, 0.05) is 44.1 Å². The molecule has 4 heteroatoms. The SMILES string of the molecule is CC(C)C(=O)N1CCC2(CN(Cc3cccc(F)c3)C2)C1. The van der Waals surface area contributed by atoms with Crippen molar-refractivity contribution in [3.8, 4) is 0 Å². The first kappa shape index (κ1) is 14.5. The van der Waals surface area contributed by atoms with Crippen LogP contribution >= 0.6 is 0 Å². The first-order chi connectivity index (χ1) is 9.97. The molecule has 0 unspecified atom stereocenters. The van der Waals surface area contributed by atoms with Crippen molar-refractivity contribution in [3.05, 3.63) is 35.6 Å². The van der Waals surface area contributed by atoms with Gasteiger partial charge in [-0.3, -0.25) is 9.69 Å². The molecule has 0 aliphatic carbocycles. The van der Waals surface area contributed by atoms with Gasteiger partial charge in [0.15, 0.2) is 0 Å². The van der Waals surface area contributed by atoms with E-state index in [0.717, 1.165) is 44.7 Å². The van der Waals surface area contributed by atoms with Gasteiger partial charge in [-0.15, -0.1) is 0 Å². The summed E-state index contributed by atoms with van der Waals surface area (Å²) in [5, 5.41) is 0. The van der Waals surface area contributed by atoms with Crippen LogP contribution in [-0.4, -0.2) is 41.9 Å². The molecule has 0 radical (unpaired) electrons. The van der Waals surface area contributed by atoms with Crippen LogP contribution in [0.3, 0.4) is 0 Å². The van der Waals surface area contributed by atoms with Crippen molar-refractivity contribution in [1.82, 2.24) is 9.80 Å². The molecule has 114 valence electrons. The van der Waals surface area contributed by atoms with E-state index in [9.17, 15) is 9.18 Å². The normalized spacial score (nSPS) is 21.0. The van der Waals surface area contributed by atoms with E-state index in [4.69, 9.17) is 0 Å². The van der Waals surface area contributed by atoms with Crippen molar-refractivity contribution < 1.29 is 9.18 Å². The fourth-order valence-electron chi connectivity index (χ4n) is 3.65. The lowest BCUT2D eigenvalue weighted by molar-refractivity contribution is -0.134. The van der Waals surface area contributed by atoms with Crippen LogP contribution in [0.25, 0.3) is 0 Å². The molecule has 1 spiro atoms. The van der Waals surface area contributed by atoms with Gasteiger partial charge in [-0.25, -0.2) is 4.39 Å². The van der Waals surface area contributed by atoms with Crippen LogP contribution in [-0.2, 0) is 11.3 Å². The molecule has 2 fully saturated rings. The zero-order valence-corrected chi connectivity index (χ0v) is 12.8. The van der Waals surface area contributed by atoms with Crippen LogP contribution in [0.15, 0.2) is 24.3 Å². The highest BCUT2D eigenvalue weighted by Crippen LogP contribution is 2.40. The lowest BCUT2D eigenvalue weighted by Crippen LogP contribution is -2.57. The molecule has 0 N–H and O–H groups in total. The minimum Gasteiger partial charge on any atom is -0.342 e. The minimum atomic E-state index is -0.169. The lowest BCUT2D eigenvalue weighted by atomic mass is 9.79. The Labute approximate surface area is 125 Å². The molecular formula is C17H23FN2O. The maximum atomic E-state index is 13.2. The number of benzene rings is 1. The van der Waals surface area contributed by atoms with Crippen LogP contribution in [0.2, 0.25) is 0 Å². The van der Waals surface area contributed by atoms with E-state index in [1.807, 2.05) is 24.8 Å². The molecule has 1 amide bonds. The Balaban J connectivity index is 1.53. The van der Waals surface area contributed by atoms with Gasteiger partial charge < -0.3 is 4.90 Å². The number of hydrogen-bond donors (Lipinski definition) is 0. The largest absolute Gasteiger partial charge is 0.342 e. The Kier molecular flexibility index (Phi) is 3.74. The number of carbonyl (C=O) groups is 1. The molecule has 1 aromatic rings. The number of amides is 1. The Hall–Kier alpha value is -1.42. The minimum absolute atomic E-state index is 0.0867. The fourth-order valence-corrected chi connectivity index (χ4v) is 3.65. The zero-order valence-electron chi connectivity index (χ0n) is 12.8. The van der Waals surface area contributed by atoms with Gasteiger partial charge in [-0.2, -0.15) is 0 Å². The third kappa shape index (κ3) is 2.95. The number of rotatable bonds is 3. The summed E-state index contributed by atoms with van der Waals surface area (Å²) in [7, 11) is 0. The predicted octanol–water partition coefficient (Wildman–Crippen LogP) is 2.52. The first-order valence-corrected chi connectivity index (χ1v) is 7.73. The van der Waals surface area contributed by atoms with Crippen molar-refractivity contribution >= 4 is 5.91 Å². The average Bonchev–Trinajstić information content (AvgIpc) is 2.82. The number of halogens is 1. The summed E-state index contributed by atoms with van der Waals surface area (Å²) < 4.78 is 13.2. The van der Waals surface area contributed by atoms with E-state index in [1.165, 1.54) is 6.07 Å². The highest BCUT2D eigenvalue weighted by molar-refractivity contribution is 5.78. The second kappa shape index (κ2) is 5.41. The van der Waals surface area contributed by atoms with E-state index in [2.05, 4.69) is 4.90 Å². The summed E-state index contributed by atoms with van der Waals surface area (Å²) in [6.45, 7) is 8.55. The maximum absolute atomic E-state index is 13.2. The summed E-state index contributed by atoms with van der Waals surface area (Å²) >= 11 is 0. The molecule has 0 bridgehead atoms. The molecule has 0 aromatic heterocycles. The molecule has 2 heterocycles. The lowest BCUT2D eigenvalue weighted by Gasteiger charge is -2.48. The van der Waals surface area contributed by atoms with Crippen LogP contribution < -0.4 is 0 Å².